The van der Waals surface area contributed by atoms with Gasteiger partial charge in [-0.2, -0.15) is 4.98 Å². The molecule has 9 heteroatoms. The van der Waals surface area contributed by atoms with Crippen molar-refractivity contribution in [2.45, 2.75) is 12.5 Å². The Bertz CT molecular complexity index is 905. The second kappa shape index (κ2) is 8.71. The molecular weight excluding hydrogens is 382 g/mol. The largest absolute Gasteiger partial charge is 0.480 e. The monoisotopic (exact) mass is 401 g/mol. The zero-order valence-electron chi connectivity index (χ0n) is 15.3. The first kappa shape index (κ1) is 19.6. The summed E-state index contributed by atoms with van der Waals surface area (Å²) in [7, 11) is 1.49. The van der Waals surface area contributed by atoms with E-state index in [0.29, 0.717) is 41.2 Å². The molecule has 1 atom stereocenters. The molecule has 8 nitrogen and oxygen atoms in total. The van der Waals surface area contributed by atoms with Gasteiger partial charge in [0.05, 0.1) is 13.3 Å². The van der Waals surface area contributed by atoms with Crippen molar-refractivity contribution in [3.63, 3.8) is 0 Å². The van der Waals surface area contributed by atoms with Gasteiger partial charge in [0.25, 0.3) is 5.91 Å². The first-order valence-electron chi connectivity index (χ1n) is 8.66. The Labute approximate surface area is 167 Å². The van der Waals surface area contributed by atoms with E-state index in [-0.39, 0.29) is 17.9 Å². The number of rotatable bonds is 6. The molecule has 0 aliphatic carbocycles. The zero-order chi connectivity index (χ0) is 20.1. The minimum Gasteiger partial charge on any atom is -0.480 e. The number of benzene rings is 1. The van der Waals surface area contributed by atoms with Crippen LogP contribution < -0.4 is 15.4 Å². The summed E-state index contributed by atoms with van der Waals surface area (Å²) in [5.74, 6) is 0.264. The predicted octanol–water partition coefficient (Wildman–Crippen LogP) is 2.59. The van der Waals surface area contributed by atoms with Gasteiger partial charge in [-0.1, -0.05) is 24.2 Å². The van der Waals surface area contributed by atoms with Crippen LogP contribution in [0.4, 0.5) is 11.6 Å². The standard InChI is InChI=1S/C19H20ClN5O3/c1-3-16(26)22-13-6-4-5-12(9-13)18(27)25-8-7-14(11-25)23-19-21-10-15(20)17(24-19)28-2/h3-6,9-10,14H,1,7-8,11H2,2H3,(H,22,26)(H,21,23,24)/t14-/m0/s1. The molecule has 3 rings (SSSR count). The quantitative estimate of drug-likeness (QED) is 0.722. The highest BCUT2D eigenvalue weighted by atomic mass is 35.5. The summed E-state index contributed by atoms with van der Waals surface area (Å²) in [6.45, 7) is 4.53. The van der Waals surface area contributed by atoms with Crippen LogP contribution in [-0.2, 0) is 4.79 Å². The van der Waals surface area contributed by atoms with Gasteiger partial charge in [-0.25, -0.2) is 4.98 Å². The number of anilines is 2. The molecule has 1 aromatic carbocycles. The molecule has 2 heterocycles. The number of amides is 2. The van der Waals surface area contributed by atoms with Gasteiger partial charge in [0.1, 0.15) is 5.02 Å². The van der Waals surface area contributed by atoms with Crippen molar-refractivity contribution < 1.29 is 14.3 Å². The topological polar surface area (TPSA) is 96.5 Å². The zero-order valence-corrected chi connectivity index (χ0v) is 16.1. The van der Waals surface area contributed by atoms with Crippen molar-refractivity contribution in [2.75, 3.05) is 30.8 Å². The van der Waals surface area contributed by atoms with Gasteiger partial charge in [-0.05, 0) is 30.7 Å². The maximum atomic E-state index is 12.8. The number of nitrogens with one attached hydrogen (secondary N) is 2. The van der Waals surface area contributed by atoms with E-state index >= 15 is 0 Å². The van der Waals surface area contributed by atoms with Gasteiger partial charge in [0, 0.05) is 30.4 Å². The number of likely N-dealkylation sites (tertiary alicyclic amines) is 1. The first-order valence-corrected chi connectivity index (χ1v) is 9.03. The van der Waals surface area contributed by atoms with Crippen LogP contribution in [0, 0.1) is 0 Å². The average Bonchev–Trinajstić information content (AvgIpc) is 3.17. The summed E-state index contributed by atoms with van der Waals surface area (Å²) in [4.78, 5) is 34.3. The molecule has 1 aromatic heterocycles. The second-order valence-corrected chi connectivity index (χ2v) is 6.61. The Morgan fingerprint density at radius 2 is 2.25 bits per heavy atom. The molecule has 2 amide bonds. The molecule has 0 radical (unpaired) electrons. The van der Waals surface area contributed by atoms with Gasteiger partial charge < -0.3 is 20.3 Å². The maximum Gasteiger partial charge on any atom is 0.254 e. The van der Waals surface area contributed by atoms with Crippen LogP contribution >= 0.6 is 11.6 Å². The van der Waals surface area contributed by atoms with Crippen molar-refractivity contribution in [1.82, 2.24) is 14.9 Å². The number of hydrogen-bond acceptors (Lipinski definition) is 6. The SMILES string of the molecule is C=CC(=O)Nc1cccc(C(=O)N2CC[C@H](Nc3ncc(Cl)c(OC)n3)C2)c1. The van der Waals surface area contributed by atoms with E-state index in [1.807, 2.05) is 0 Å². The van der Waals surface area contributed by atoms with Crippen molar-refractivity contribution in [2.24, 2.45) is 0 Å². The summed E-state index contributed by atoms with van der Waals surface area (Å²) in [5, 5.41) is 6.19. The van der Waals surface area contributed by atoms with Crippen LogP contribution in [0.25, 0.3) is 0 Å². The Morgan fingerprint density at radius 3 is 3.00 bits per heavy atom. The Kier molecular flexibility index (Phi) is 6.10. The van der Waals surface area contributed by atoms with Gasteiger partial charge in [0.15, 0.2) is 0 Å². The fourth-order valence-electron chi connectivity index (χ4n) is 2.92. The molecule has 1 fully saturated rings. The van der Waals surface area contributed by atoms with Crippen molar-refractivity contribution >= 4 is 35.1 Å². The van der Waals surface area contributed by atoms with Crippen LogP contribution in [0.1, 0.15) is 16.8 Å². The number of carbonyl (C=O) groups is 2. The third-order valence-electron chi connectivity index (χ3n) is 4.28. The number of methoxy groups -OCH3 is 1. The van der Waals surface area contributed by atoms with E-state index in [1.54, 1.807) is 29.2 Å². The number of carbonyl (C=O) groups excluding carboxylic acids is 2. The van der Waals surface area contributed by atoms with Gasteiger partial charge in [0.2, 0.25) is 17.7 Å². The van der Waals surface area contributed by atoms with Crippen LogP contribution in [0.5, 0.6) is 5.88 Å². The lowest BCUT2D eigenvalue weighted by Crippen LogP contribution is -2.32. The van der Waals surface area contributed by atoms with Gasteiger partial charge in [-0.15, -0.1) is 0 Å². The van der Waals surface area contributed by atoms with Crippen LogP contribution in [-0.4, -0.2) is 52.9 Å². The van der Waals surface area contributed by atoms with Crippen LogP contribution in [0.3, 0.4) is 0 Å². The Balaban J connectivity index is 1.63. The molecule has 1 saturated heterocycles. The molecular formula is C19H20ClN5O3. The summed E-state index contributed by atoms with van der Waals surface area (Å²) in [6.07, 6.45) is 3.41. The summed E-state index contributed by atoms with van der Waals surface area (Å²) in [6, 6.07) is 6.83. The third kappa shape index (κ3) is 4.58. The van der Waals surface area contributed by atoms with Crippen LogP contribution in [0.2, 0.25) is 5.02 Å². The smallest absolute Gasteiger partial charge is 0.254 e. The fourth-order valence-corrected chi connectivity index (χ4v) is 3.08. The average molecular weight is 402 g/mol. The molecule has 0 saturated carbocycles. The summed E-state index contributed by atoms with van der Waals surface area (Å²) >= 11 is 5.94. The Morgan fingerprint density at radius 1 is 1.43 bits per heavy atom. The molecule has 146 valence electrons. The minimum atomic E-state index is -0.326. The Hall–Kier alpha value is -3.13. The lowest BCUT2D eigenvalue weighted by atomic mass is 10.1. The van der Waals surface area contributed by atoms with Crippen molar-refractivity contribution in [3.05, 3.63) is 53.7 Å². The minimum absolute atomic E-state index is 0.0125. The number of hydrogen-bond donors (Lipinski definition) is 2. The lowest BCUT2D eigenvalue weighted by Gasteiger charge is -2.18. The fraction of sp³-hybridized carbons (Fsp3) is 0.263. The van der Waals surface area contributed by atoms with Gasteiger partial charge in [-0.3, -0.25) is 9.59 Å². The highest BCUT2D eigenvalue weighted by molar-refractivity contribution is 6.31. The highest BCUT2D eigenvalue weighted by Gasteiger charge is 2.27. The van der Waals surface area contributed by atoms with Gasteiger partial charge >= 0.3 is 0 Å². The number of ether oxygens (including phenoxy) is 1. The van der Waals surface area contributed by atoms with E-state index in [9.17, 15) is 9.59 Å². The second-order valence-electron chi connectivity index (χ2n) is 6.21. The van der Waals surface area contributed by atoms with Crippen LogP contribution in [0.15, 0.2) is 43.1 Å². The van der Waals surface area contributed by atoms with E-state index in [2.05, 4.69) is 27.2 Å². The predicted molar refractivity (Wildman–Crippen MR) is 107 cm³/mol. The van der Waals surface area contributed by atoms with Crippen molar-refractivity contribution in [3.8, 4) is 5.88 Å². The third-order valence-corrected chi connectivity index (χ3v) is 4.54. The van der Waals surface area contributed by atoms with Crippen molar-refractivity contribution in [1.29, 1.82) is 0 Å². The number of halogens is 1. The lowest BCUT2D eigenvalue weighted by molar-refractivity contribution is -0.111. The molecule has 1 aliphatic rings. The molecule has 1 aliphatic heterocycles. The van der Waals surface area contributed by atoms with E-state index in [0.717, 1.165) is 6.42 Å². The van der Waals surface area contributed by atoms with E-state index in [1.165, 1.54) is 19.4 Å². The van der Waals surface area contributed by atoms with E-state index in [4.69, 9.17) is 16.3 Å². The summed E-state index contributed by atoms with van der Waals surface area (Å²) in [5.41, 5.74) is 1.05. The highest BCUT2D eigenvalue weighted by Crippen LogP contribution is 2.23. The first-order chi connectivity index (χ1) is 13.5. The summed E-state index contributed by atoms with van der Waals surface area (Å²) < 4.78 is 5.09. The number of nitrogens with zero attached hydrogens (tertiary/aromatic N) is 3. The molecule has 0 unspecified atom stereocenters. The molecule has 28 heavy (non-hydrogen) atoms. The normalized spacial score (nSPS) is 15.8. The molecule has 2 aromatic rings. The molecule has 2 N–H and O–H groups in total. The number of aromatic nitrogens is 2. The molecule has 0 spiro atoms. The maximum absolute atomic E-state index is 12.8. The molecule has 0 bridgehead atoms. The van der Waals surface area contributed by atoms with E-state index < -0.39 is 0 Å².